The average molecular weight is 522 g/mol. The average Bonchev–Trinajstić information content (AvgIpc) is 3.01. The van der Waals surface area contributed by atoms with Crippen LogP contribution in [0.4, 0.5) is 11.4 Å². The van der Waals surface area contributed by atoms with Crippen LogP contribution in [0.15, 0.2) is 53.6 Å². The molecule has 2 unspecified atom stereocenters. The van der Waals surface area contributed by atoms with E-state index in [2.05, 4.69) is 63.9 Å². The summed E-state index contributed by atoms with van der Waals surface area (Å²) in [5.74, 6) is 6.74. The van der Waals surface area contributed by atoms with Gasteiger partial charge >= 0.3 is 0 Å². The number of nitrogens with zero attached hydrogens (tertiary/aromatic N) is 3. The van der Waals surface area contributed by atoms with Crippen LogP contribution in [-0.4, -0.2) is 33.5 Å². The topological polar surface area (TPSA) is 104 Å². The Kier molecular flexibility index (Phi) is 8.04. The van der Waals surface area contributed by atoms with Gasteiger partial charge in [-0.15, -0.1) is 4.31 Å². The van der Waals surface area contributed by atoms with Gasteiger partial charge in [0.1, 0.15) is 6.61 Å². The fourth-order valence-corrected chi connectivity index (χ4v) is 6.29. The number of nitrogen functional groups attached to an aromatic ring is 1. The van der Waals surface area contributed by atoms with Crippen molar-refractivity contribution in [3.63, 3.8) is 0 Å². The third kappa shape index (κ3) is 5.57. The molecule has 4 rings (SSSR count). The molecule has 2 atom stereocenters. The highest BCUT2D eigenvalue weighted by Crippen LogP contribution is 2.44. The van der Waals surface area contributed by atoms with Crippen molar-refractivity contribution >= 4 is 22.7 Å². The van der Waals surface area contributed by atoms with Crippen molar-refractivity contribution in [3.8, 4) is 5.88 Å². The van der Waals surface area contributed by atoms with Gasteiger partial charge in [0.05, 0.1) is 35.8 Å². The van der Waals surface area contributed by atoms with Gasteiger partial charge in [-0.1, -0.05) is 45.0 Å². The highest BCUT2D eigenvalue weighted by atomic mass is 32.2. The summed E-state index contributed by atoms with van der Waals surface area (Å²) in [5.41, 5.74) is 13.9. The van der Waals surface area contributed by atoms with Crippen molar-refractivity contribution in [1.29, 1.82) is 0 Å². The summed E-state index contributed by atoms with van der Waals surface area (Å²) in [4.78, 5) is 4.88. The first-order valence-electron chi connectivity index (χ1n) is 12.8. The molecule has 1 aliphatic heterocycles. The lowest BCUT2D eigenvalue weighted by atomic mass is 9.71. The highest BCUT2D eigenvalue weighted by Gasteiger charge is 2.33. The van der Waals surface area contributed by atoms with Crippen molar-refractivity contribution in [2.75, 3.05) is 30.4 Å². The van der Waals surface area contributed by atoms with E-state index in [1.807, 2.05) is 23.4 Å². The number of ether oxygens (including phenoxy) is 1. The number of hydrogen-bond acceptors (Lipinski definition) is 7. The Labute approximate surface area is 224 Å². The molecule has 7 nitrogen and oxygen atoms in total. The number of fused-ring (bicyclic) bond motifs is 1. The second-order valence-corrected chi connectivity index (χ2v) is 12.2. The molecule has 0 amide bonds. The molecule has 0 bridgehead atoms. The summed E-state index contributed by atoms with van der Waals surface area (Å²) >= 11 is -1.35. The number of pyridine rings is 1. The minimum atomic E-state index is -1.35. The van der Waals surface area contributed by atoms with E-state index in [0.29, 0.717) is 37.0 Å². The summed E-state index contributed by atoms with van der Waals surface area (Å²) in [6.07, 6.45) is 1.67. The Bertz CT molecular complexity index is 1260. The second kappa shape index (κ2) is 10.9. The molecule has 8 heteroatoms. The summed E-state index contributed by atoms with van der Waals surface area (Å²) in [5, 5.41) is 1.68. The van der Waals surface area contributed by atoms with E-state index < -0.39 is 11.4 Å². The molecule has 0 aliphatic carbocycles. The van der Waals surface area contributed by atoms with Crippen molar-refractivity contribution in [2.24, 2.45) is 11.3 Å². The first kappa shape index (κ1) is 27.3. The SMILES string of the molecule is CCN(N)c1ccc(C(c2ccc(C)c(CN3CCOc4ncccc4[S+]3[O-])c2)C(C)(C)C)c(C)c1N. The molecule has 1 aromatic heterocycles. The van der Waals surface area contributed by atoms with E-state index in [9.17, 15) is 4.55 Å². The summed E-state index contributed by atoms with van der Waals surface area (Å²) in [6, 6.07) is 14.5. The van der Waals surface area contributed by atoms with Crippen LogP contribution in [0.2, 0.25) is 0 Å². The third-order valence-corrected chi connectivity index (χ3v) is 8.62. The molecule has 2 heterocycles. The predicted octanol–water partition coefficient (Wildman–Crippen LogP) is 5.08. The lowest BCUT2D eigenvalue weighted by Crippen LogP contribution is -2.32. The maximum Gasteiger partial charge on any atom is 0.272 e. The number of benzene rings is 2. The molecule has 198 valence electrons. The predicted molar refractivity (Wildman–Crippen MR) is 152 cm³/mol. The molecule has 3 aromatic rings. The van der Waals surface area contributed by atoms with Gasteiger partial charge < -0.3 is 20.0 Å². The Morgan fingerprint density at radius 3 is 2.65 bits per heavy atom. The Morgan fingerprint density at radius 2 is 1.95 bits per heavy atom. The molecule has 37 heavy (non-hydrogen) atoms. The van der Waals surface area contributed by atoms with Crippen molar-refractivity contribution < 1.29 is 9.29 Å². The Morgan fingerprint density at radius 1 is 1.19 bits per heavy atom. The zero-order valence-electron chi connectivity index (χ0n) is 22.7. The molecule has 0 radical (unpaired) electrons. The van der Waals surface area contributed by atoms with E-state index in [1.165, 1.54) is 16.7 Å². The molecule has 0 fully saturated rings. The van der Waals surface area contributed by atoms with Crippen LogP contribution in [0.3, 0.4) is 0 Å². The van der Waals surface area contributed by atoms with Crippen molar-refractivity contribution in [2.45, 2.75) is 58.9 Å². The summed E-state index contributed by atoms with van der Waals surface area (Å²) < 4.78 is 21.2. The Balaban J connectivity index is 1.72. The zero-order chi connectivity index (χ0) is 26.9. The molecule has 4 N–H and O–H groups in total. The first-order chi connectivity index (χ1) is 17.5. The second-order valence-electron chi connectivity index (χ2n) is 10.8. The fraction of sp³-hybridized carbons (Fsp3) is 0.414. The summed E-state index contributed by atoms with van der Waals surface area (Å²) in [6.45, 7) is 15.2. The van der Waals surface area contributed by atoms with Gasteiger partial charge in [-0.2, -0.15) is 0 Å². The number of hydrazine groups is 1. The van der Waals surface area contributed by atoms with Gasteiger partial charge in [-0.25, -0.2) is 10.8 Å². The third-order valence-electron chi connectivity index (χ3n) is 7.15. The number of hydrogen-bond donors (Lipinski definition) is 2. The van der Waals surface area contributed by atoms with Gasteiger partial charge in [0.15, 0.2) is 0 Å². The molecule has 2 aromatic carbocycles. The van der Waals surface area contributed by atoms with Gasteiger partial charge in [0.25, 0.3) is 5.88 Å². The van der Waals surface area contributed by atoms with Gasteiger partial charge in [-0.3, -0.25) is 0 Å². The maximum absolute atomic E-state index is 13.4. The van der Waals surface area contributed by atoms with E-state index in [4.69, 9.17) is 16.3 Å². The van der Waals surface area contributed by atoms with Crippen molar-refractivity contribution in [1.82, 2.24) is 9.29 Å². The Hall–Kier alpha value is -2.78. The number of aromatic nitrogens is 1. The van der Waals surface area contributed by atoms with Crippen LogP contribution in [0.5, 0.6) is 5.88 Å². The smallest absolute Gasteiger partial charge is 0.272 e. The number of rotatable bonds is 6. The molecule has 0 saturated carbocycles. The van der Waals surface area contributed by atoms with E-state index in [1.54, 1.807) is 17.3 Å². The van der Waals surface area contributed by atoms with Crippen LogP contribution >= 0.6 is 0 Å². The van der Waals surface area contributed by atoms with Crippen LogP contribution in [0, 0.1) is 19.3 Å². The monoisotopic (exact) mass is 521 g/mol. The zero-order valence-corrected chi connectivity index (χ0v) is 23.6. The fourth-order valence-electron chi connectivity index (χ4n) is 5.06. The molecule has 1 aliphatic rings. The van der Waals surface area contributed by atoms with E-state index >= 15 is 0 Å². The highest BCUT2D eigenvalue weighted by molar-refractivity contribution is 7.89. The van der Waals surface area contributed by atoms with Crippen LogP contribution in [0.1, 0.15) is 61.4 Å². The molecule has 0 saturated heterocycles. The van der Waals surface area contributed by atoms with E-state index in [-0.39, 0.29) is 11.3 Å². The number of anilines is 2. The number of nitrogens with two attached hydrogens (primary N) is 2. The molecular weight excluding hydrogens is 482 g/mol. The quantitative estimate of drug-likeness (QED) is 0.202. The first-order valence-corrected chi connectivity index (χ1v) is 13.9. The van der Waals surface area contributed by atoms with Crippen LogP contribution in [0.25, 0.3) is 0 Å². The van der Waals surface area contributed by atoms with Gasteiger partial charge in [0.2, 0.25) is 4.90 Å². The minimum Gasteiger partial charge on any atom is -0.593 e. The maximum atomic E-state index is 13.4. The largest absolute Gasteiger partial charge is 0.593 e. The number of aryl methyl sites for hydroxylation is 1. The van der Waals surface area contributed by atoms with Gasteiger partial charge in [-0.05, 0) is 66.1 Å². The van der Waals surface area contributed by atoms with Crippen LogP contribution in [-0.2, 0) is 17.9 Å². The van der Waals surface area contributed by atoms with E-state index in [0.717, 1.165) is 22.5 Å². The lowest BCUT2D eigenvalue weighted by molar-refractivity contribution is 0.270. The van der Waals surface area contributed by atoms with Gasteiger partial charge in [0, 0.05) is 24.7 Å². The molecule has 0 spiro atoms. The normalized spacial score (nSPS) is 17.0. The lowest BCUT2D eigenvalue weighted by Gasteiger charge is -2.34. The summed E-state index contributed by atoms with van der Waals surface area (Å²) in [7, 11) is 0. The van der Waals surface area contributed by atoms with Crippen LogP contribution < -0.4 is 21.3 Å². The van der Waals surface area contributed by atoms with Crippen molar-refractivity contribution in [3.05, 3.63) is 76.5 Å². The standard InChI is InChI=1S/C29H39N5O2S/c1-7-34(31)24-13-12-23(20(3)27(24)30)26(29(4,5)6)21-11-10-19(2)22(17-21)18-33-15-16-36-28-25(37(33)35)9-8-14-32-28/h8-14,17,26H,7,15-16,18,30-31H2,1-6H3. The minimum absolute atomic E-state index is 0.0672. The molecular formula is C29H39N5O2S.